The second-order valence-electron chi connectivity index (χ2n) is 8.33. The molecule has 1 aliphatic rings. The van der Waals surface area contributed by atoms with Gasteiger partial charge in [-0.1, -0.05) is 58.0 Å². The summed E-state index contributed by atoms with van der Waals surface area (Å²) in [5.74, 6) is 0.602. The van der Waals surface area contributed by atoms with E-state index in [9.17, 15) is 9.59 Å². The average Bonchev–Trinajstić information content (AvgIpc) is 2.63. The van der Waals surface area contributed by atoms with Crippen LogP contribution >= 0.6 is 0 Å². The van der Waals surface area contributed by atoms with Crippen molar-refractivity contribution in [1.82, 2.24) is 10.2 Å². The summed E-state index contributed by atoms with van der Waals surface area (Å²) in [5.41, 5.74) is 1.05. The molecule has 0 spiro atoms. The first-order valence-corrected chi connectivity index (χ1v) is 10.0. The van der Waals surface area contributed by atoms with Crippen molar-refractivity contribution in [3.05, 3.63) is 35.9 Å². The number of hydrogen-bond acceptors (Lipinski definition) is 3. The SMILES string of the molecule is CC1CC(C)CN(C(=O)C(NC(=O)C(C)C)C(C)OCc2ccccc2)C1. The highest BCUT2D eigenvalue weighted by molar-refractivity contribution is 5.88. The second kappa shape index (κ2) is 9.88. The Labute approximate surface area is 163 Å². The summed E-state index contributed by atoms with van der Waals surface area (Å²) in [6.07, 6.45) is 0.722. The predicted molar refractivity (Wildman–Crippen MR) is 107 cm³/mol. The van der Waals surface area contributed by atoms with Gasteiger partial charge in [-0.15, -0.1) is 0 Å². The zero-order valence-corrected chi connectivity index (χ0v) is 17.3. The number of carbonyl (C=O) groups excluding carboxylic acids is 2. The van der Waals surface area contributed by atoms with Crippen LogP contribution in [0.15, 0.2) is 30.3 Å². The summed E-state index contributed by atoms with van der Waals surface area (Å²) in [5, 5.41) is 2.92. The number of likely N-dealkylation sites (tertiary alicyclic amines) is 1. The molecule has 0 aliphatic carbocycles. The van der Waals surface area contributed by atoms with Crippen LogP contribution in [-0.4, -0.2) is 41.9 Å². The van der Waals surface area contributed by atoms with E-state index in [1.165, 1.54) is 0 Å². The number of hydrogen-bond donors (Lipinski definition) is 1. The lowest BCUT2D eigenvalue weighted by molar-refractivity contribution is -0.144. The molecule has 0 saturated carbocycles. The molecule has 1 aliphatic heterocycles. The maximum atomic E-state index is 13.2. The van der Waals surface area contributed by atoms with Gasteiger partial charge < -0.3 is 15.0 Å². The highest BCUT2D eigenvalue weighted by Crippen LogP contribution is 2.22. The number of carbonyl (C=O) groups is 2. The molecule has 5 heteroatoms. The van der Waals surface area contributed by atoms with Gasteiger partial charge in [0.05, 0.1) is 12.7 Å². The largest absolute Gasteiger partial charge is 0.371 e. The van der Waals surface area contributed by atoms with Gasteiger partial charge in [0.25, 0.3) is 0 Å². The quantitative estimate of drug-likeness (QED) is 0.797. The van der Waals surface area contributed by atoms with Gasteiger partial charge in [-0.3, -0.25) is 9.59 Å². The molecule has 2 amide bonds. The zero-order chi connectivity index (χ0) is 20.0. The van der Waals surface area contributed by atoms with Crippen LogP contribution in [-0.2, 0) is 20.9 Å². The van der Waals surface area contributed by atoms with Crippen LogP contribution in [0.3, 0.4) is 0 Å². The van der Waals surface area contributed by atoms with Crippen LogP contribution in [0, 0.1) is 17.8 Å². The van der Waals surface area contributed by atoms with Crippen molar-refractivity contribution in [2.45, 2.75) is 59.8 Å². The molecular weight excluding hydrogens is 340 g/mol. The van der Waals surface area contributed by atoms with E-state index in [2.05, 4.69) is 19.2 Å². The van der Waals surface area contributed by atoms with E-state index in [4.69, 9.17) is 4.74 Å². The van der Waals surface area contributed by atoms with Crippen molar-refractivity contribution in [3.63, 3.8) is 0 Å². The standard InChI is InChI=1S/C22H34N2O3/c1-15(2)21(25)23-20(18(5)27-14-19-9-7-6-8-10-19)22(26)24-12-16(3)11-17(4)13-24/h6-10,15-18,20H,11-14H2,1-5H3,(H,23,25). The molecular formula is C22H34N2O3. The Morgan fingerprint density at radius 2 is 1.70 bits per heavy atom. The summed E-state index contributed by atoms with van der Waals surface area (Å²) in [7, 11) is 0. The van der Waals surface area contributed by atoms with Gasteiger partial charge in [0.15, 0.2) is 0 Å². The van der Waals surface area contributed by atoms with Crippen molar-refractivity contribution in [2.75, 3.05) is 13.1 Å². The zero-order valence-electron chi connectivity index (χ0n) is 17.3. The maximum Gasteiger partial charge on any atom is 0.247 e. The summed E-state index contributed by atoms with van der Waals surface area (Å²) < 4.78 is 5.97. The highest BCUT2D eigenvalue weighted by Gasteiger charge is 2.35. The molecule has 1 saturated heterocycles. The third kappa shape index (κ3) is 6.35. The first kappa shape index (κ1) is 21.4. The molecule has 1 N–H and O–H groups in total. The average molecular weight is 375 g/mol. The maximum absolute atomic E-state index is 13.2. The van der Waals surface area contributed by atoms with Gasteiger partial charge in [-0.05, 0) is 30.7 Å². The molecule has 27 heavy (non-hydrogen) atoms. The second-order valence-corrected chi connectivity index (χ2v) is 8.33. The molecule has 0 aromatic heterocycles. The van der Waals surface area contributed by atoms with Crippen LogP contribution in [0.1, 0.15) is 46.6 Å². The van der Waals surface area contributed by atoms with Gasteiger partial charge in [0.2, 0.25) is 11.8 Å². The lowest BCUT2D eigenvalue weighted by Crippen LogP contribution is -2.57. The van der Waals surface area contributed by atoms with E-state index in [-0.39, 0.29) is 17.7 Å². The van der Waals surface area contributed by atoms with E-state index in [0.717, 1.165) is 25.1 Å². The third-order valence-corrected chi connectivity index (χ3v) is 5.09. The van der Waals surface area contributed by atoms with Crippen LogP contribution in [0.25, 0.3) is 0 Å². The van der Waals surface area contributed by atoms with Crippen molar-refractivity contribution in [2.24, 2.45) is 17.8 Å². The van der Waals surface area contributed by atoms with Crippen LogP contribution in [0.5, 0.6) is 0 Å². The Morgan fingerprint density at radius 1 is 1.11 bits per heavy atom. The van der Waals surface area contributed by atoms with Crippen molar-refractivity contribution in [1.29, 1.82) is 0 Å². The summed E-state index contributed by atoms with van der Waals surface area (Å²) >= 11 is 0. The fourth-order valence-electron chi connectivity index (χ4n) is 3.64. The molecule has 1 fully saturated rings. The first-order valence-electron chi connectivity index (χ1n) is 10.0. The number of benzene rings is 1. The summed E-state index contributed by atoms with van der Waals surface area (Å²) in [6, 6.07) is 9.20. The molecule has 4 unspecified atom stereocenters. The minimum atomic E-state index is -0.666. The first-order chi connectivity index (χ1) is 12.8. The Hall–Kier alpha value is -1.88. The number of nitrogens with one attached hydrogen (secondary N) is 1. The lowest BCUT2D eigenvalue weighted by atomic mass is 9.91. The predicted octanol–water partition coefficient (Wildman–Crippen LogP) is 3.24. The number of ether oxygens (including phenoxy) is 1. The van der Waals surface area contributed by atoms with Gasteiger partial charge in [-0.2, -0.15) is 0 Å². The Balaban J connectivity index is 2.09. The minimum Gasteiger partial charge on any atom is -0.371 e. The monoisotopic (exact) mass is 374 g/mol. The Bertz CT molecular complexity index is 607. The van der Waals surface area contributed by atoms with E-state index < -0.39 is 12.1 Å². The molecule has 0 bridgehead atoms. The fourth-order valence-corrected chi connectivity index (χ4v) is 3.64. The summed E-state index contributed by atoms with van der Waals surface area (Å²) in [4.78, 5) is 27.4. The minimum absolute atomic E-state index is 0.0389. The molecule has 2 rings (SSSR count). The molecule has 4 atom stereocenters. The fraction of sp³-hybridized carbons (Fsp3) is 0.636. The topological polar surface area (TPSA) is 58.6 Å². The number of rotatable bonds is 7. The third-order valence-electron chi connectivity index (χ3n) is 5.09. The van der Waals surface area contributed by atoms with Crippen molar-refractivity contribution < 1.29 is 14.3 Å². The molecule has 1 aromatic carbocycles. The Morgan fingerprint density at radius 3 is 2.26 bits per heavy atom. The van der Waals surface area contributed by atoms with Gasteiger partial charge in [-0.25, -0.2) is 0 Å². The summed E-state index contributed by atoms with van der Waals surface area (Å²) in [6.45, 7) is 11.8. The molecule has 150 valence electrons. The van der Waals surface area contributed by atoms with Crippen molar-refractivity contribution >= 4 is 11.8 Å². The van der Waals surface area contributed by atoms with E-state index >= 15 is 0 Å². The molecule has 0 radical (unpaired) electrons. The molecule has 1 heterocycles. The van der Waals surface area contributed by atoms with Crippen LogP contribution in [0.4, 0.5) is 0 Å². The van der Waals surface area contributed by atoms with Crippen LogP contribution < -0.4 is 5.32 Å². The van der Waals surface area contributed by atoms with Gasteiger partial charge >= 0.3 is 0 Å². The highest BCUT2D eigenvalue weighted by atomic mass is 16.5. The number of nitrogens with zero attached hydrogens (tertiary/aromatic N) is 1. The van der Waals surface area contributed by atoms with Crippen LogP contribution in [0.2, 0.25) is 0 Å². The normalized spacial score (nSPS) is 22.4. The number of piperidine rings is 1. The Kier molecular flexibility index (Phi) is 7.84. The van der Waals surface area contributed by atoms with Gasteiger partial charge in [0.1, 0.15) is 6.04 Å². The van der Waals surface area contributed by atoms with E-state index in [0.29, 0.717) is 18.4 Å². The lowest BCUT2D eigenvalue weighted by Gasteiger charge is -2.38. The van der Waals surface area contributed by atoms with E-state index in [1.54, 1.807) is 0 Å². The molecule has 5 nitrogen and oxygen atoms in total. The van der Waals surface area contributed by atoms with E-state index in [1.807, 2.05) is 56.0 Å². The molecule has 1 aromatic rings. The smallest absolute Gasteiger partial charge is 0.247 e. The van der Waals surface area contributed by atoms with Gasteiger partial charge in [0, 0.05) is 19.0 Å². The van der Waals surface area contributed by atoms with Crippen molar-refractivity contribution in [3.8, 4) is 0 Å². The number of amides is 2.